The maximum Gasteiger partial charge on any atom is 0.229 e. The van der Waals surface area contributed by atoms with Crippen LogP contribution in [0.2, 0.25) is 0 Å². The predicted molar refractivity (Wildman–Crippen MR) is 134 cm³/mol. The number of halogens is 1. The highest BCUT2D eigenvalue weighted by atomic mass is 19.1. The van der Waals surface area contributed by atoms with Crippen molar-refractivity contribution in [3.63, 3.8) is 0 Å². The van der Waals surface area contributed by atoms with Crippen molar-refractivity contribution in [2.45, 2.75) is 38.1 Å². The van der Waals surface area contributed by atoms with Gasteiger partial charge in [0.2, 0.25) is 5.95 Å². The third-order valence-electron chi connectivity index (χ3n) is 7.04. The van der Waals surface area contributed by atoms with Crippen LogP contribution in [0.25, 0.3) is 22.2 Å². The largest absolute Gasteiger partial charge is 0.314 e. The number of fused-ring (bicyclic) bond motifs is 1. The highest BCUT2D eigenvalue weighted by Gasteiger charge is 2.22. The van der Waals surface area contributed by atoms with E-state index in [1.807, 2.05) is 30.5 Å². The van der Waals surface area contributed by atoms with Gasteiger partial charge in [0.05, 0.1) is 11.7 Å². The molecule has 1 saturated carbocycles. The lowest BCUT2D eigenvalue weighted by Gasteiger charge is -2.27. The number of pyridine rings is 1. The molecule has 2 fully saturated rings. The number of aromatic nitrogens is 5. The molecule has 1 aliphatic heterocycles. The van der Waals surface area contributed by atoms with Crippen LogP contribution in [0.4, 0.5) is 16.2 Å². The fraction of sp³-hybridized carbons (Fsp3) is 0.385. The van der Waals surface area contributed by atoms with Crippen LogP contribution in [0, 0.1) is 5.82 Å². The Balaban J connectivity index is 1.22. The monoisotopic (exact) mass is 472 g/mol. The number of nitrogens with one attached hydrogen (secondary N) is 3. The zero-order valence-electron chi connectivity index (χ0n) is 19.6. The zero-order valence-corrected chi connectivity index (χ0v) is 19.6. The van der Waals surface area contributed by atoms with E-state index in [1.54, 1.807) is 0 Å². The fourth-order valence-electron chi connectivity index (χ4n) is 5.17. The molecule has 4 aromatic rings. The Morgan fingerprint density at radius 1 is 1.03 bits per heavy atom. The third kappa shape index (κ3) is 4.74. The van der Waals surface area contributed by atoms with Crippen molar-refractivity contribution >= 4 is 22.7 Å². The van der Waals surface area contributed by atoms with Crippen LogP contribution in [-0.4, -0.2) is 56.2 Å². The summed E-state index contributed by atoms with van der Waals surface area (Å²) >= 11 is 0. The highest BCUT2D eigenvalue weighted by Crippen LogP contribution is 2.37. The molecule has 0 atom stereocenters. The highest BCUT2D eigenvalue weighted by molar-refractivity contribution is 5.86. The molecule has 0 radical (unpaired) electrons. The van der Waals surface area contributed by atoms with Gasteiger partial charge in [0.1, 0.15) is 11.5 Å². The number of aromatic amines is 1. The summed E-state index contributed by atoms with van der Waals surface area (Å²) in [4.78, 5) is 15.5. The summed E-state index contributed by atoms with van der Waals surface area (Å²) in [6.45, 7) is 5.00. The second kappa shape index (κ2) is 9.67. The Labute approximate surface area is 203 Å². The van der Waals surface area contributed by atoms with Crippen LogP contribution < -0.4 is 10.6 Å². The topological polar surface area (TPSA) is 94.7 Å². The Kier molecular flexibility index (Phi) is 6.10. The van der Waals surface area contributed by atoms with Crippen LogP contribution in [0.3, 0.4) is 0 Å². The normalized spacial score (nSPS) is 17.3. The van der Waals surface area contributed by atoms with Crippen molar-refractivity contribution in [2.75, 3.05) is 31.5 Å². The number of piperazine rings is 1. The zero-order chi connectivity index (χ0) is 23.6. The summed E-state index contributed by atoms with van der Waals surface area (Å²) < 4.78 is 14.8. The number of benzene rings is 1. The van der Waals surface area contributed by atoms with Gasteiger partial charge in [-0.2, -0.15) is 5.10 Å². The van der Waals surface area contributed by atoms with Gasteiger partial charge in [-0.05, 0) is 36.6 Å². The molecule has 9 heteroatoms. The molecule has 1 aliphatic carbocycles. The summed E-state index contributed by atoms with van der Waals surface area (Å²) in [5.41, 5.74) is 4.18. The van der Waals surface area contributed by atoms with Crippen molar-refractivity contribution < 1.29 is 4.39 Å². The van der Waals surface area contributed by atoms with E-state index in [-0.39, 0.29) is 5.69 Å². The molecule has 2 aliphatic rings. The van der Waals surface area contributed by atoms with Gasteiger partial charge in [0, 0.05) is 61.5 Å². The summed E-state index contributed by atoms with van der Waals surface area (Å²) in [6, 6.07) is 9.74. The van der Waals surface area contributed by atoms with Crippen LogP contribution >= 0.6 is 0 Å². The minimum Gasteiger partial charge on any atom is -0.314 e. The molecular formula is C26H29FN8. The van der Waals surface area contributed by atoms with Gasteiger partial charge in [-0.1, -0.05) is 25.0 Å². The molecule has 8 nitrogen and oxygen atoms in total. The van der Waals surface area contributed by atoms with Crippen molar-refractivity contribution in [2.24, 2.45) is 0 Å². The van der Waals surface area contributed by atoms with E-state index in [0.29, 0.717) is 23.2 Å². The standard InChI is InChI=1S/C26H29FN8/c27-21-15-30-26(31-23-8-5-17(14-29-23)16-35-11-9-28-10-12-35)32-25(21)19-6-7-22-20(13-19)24(34-33-22)18-3-1-2-4-18/h5-8,13-15,18,28H,1-4,9-12,16H2,(H,33,34)(H,29,30,31,32). The van der Waals surface area contributed by atoms with Gasteiger partial charge >= 0.3 is 0 Å². The minimum absolute atomic E-state index is 0.262. The smallest absolute Gasteiger partial charge is 0.229 e. The summed E-state index contributed by atoms with van der Waals surface area (Å²) in [5.74, 6) is 0.968. The van der Waals surface area contributed by atoms with E-state index in [0.717, 1.165) is 54.9 Å². The average molecular weight is 473 g/mol. The Morgan fingerprint density at radius 2 is 1.89 bits per heavy atom. The van der Waals surface area contributed by atoms with Gasteiger partial charge < -0.3 is 10.6 Å². The molecule has 4 heterocycles. The van der Waals surface area contributed by atoms with E-state index in [9.17, 15) is 4.39 Å². The Morgan fingerprint density at radius 3 is 2.69 bits per heavy atom. The SMILES string of the molecule is Fc1cnc(Nc2ccc(CN3CCNCC3)cn2)nc1-c1ccc2n[nH]c(C3CCCC3)c2c1. The number of anilines is 2. The molecule has 35 heavy (non-hydrogen) atoms. The van der Waals surface area contributed by atoms with Crippen molar-refractivity contribution in [3.05, 3.63) is 59.8 Å². The Hall–Kier alpha value is -3.43. The van der Waals surface area contributed by atoms with Crippen LogP contribution in [0.1, 0.15) is 42.9 Å². The second-order valence-electron chi connectivity index (χ2n) is 9.44. The van der Waals surface area contributed by atoms with Gasteiger partial charge in [0.15, 0.2) is 5.82 Å². The molecule has 0 spiro atoms. The quantitative estimate of drug-likeness (QED) is 0.384. The van der Waals surface area contributed by atoms with E-state index in [2.05, 4.69) is 46.7 Å². The minimum atomic E-state index is -0.458. The molecule has 3 N–H and O–H groups in total. The first-order chi connectivity index (χ1) is 17.2. The van der Waals surface area contributed by atoms with E-state index >= 15 is 0 Å². The first-order valence-corrected chi connectivity index (χ1v) is 12.4. The van der Waals surface area contributed by atoms with E-state index in [4.69, 9.17) is 0 Å². The molecular weight excluding hydrogens is 443 g/mol. The Bertz CT molecular complexity index is 1310. The maximum atomic E-state index is 14.8. The van der Waals surface area contributed by atoms with Gasteiger partial charge in [-0.15, -0.1) is 0 Å². The van der Waals surface area contributed by atoms with Gasteiger partial charge in [0.25, 0.3) is 0 Å². The molecule has 180 valence electrons. The molecule has 0 amide bonds. The fourth-order valence-corrected chi connectivity index (χ4v) is 5.17. The summed E-state index contributed by atoms with van der Waals surface area (Å²) in [5, 5.41) is 15.2. The predicted octanol–water partition coefficient (Wildman–Crippen LogP) is 4.36. The molecule has 3 aromatic heterocycles. The second-order valence-corrected chi connectivity index (χ2v) is 9.44. The van der Waals surface area contributed by atoms with E-state index in [1.165, 1.54) is 31.9 Å². The lowest BCUT2D eigenvalue weighted by molar-refractivity contribution is 0.233. The molecule has 0 unspecified atom stereocenters. The first kappa shape index (κ1) is 22.1. The molecule has 1 saturated heterocycles. The van der Waals surface area contributed by atoms with Crippen molar-refractivity contribution in [1.82, 2.24) is 35.4 Å². The van der Waals surface area contributed by atoms with Crippen molar-refractivity contribution in [3.8, 4) is 11.3 Å². The number of nitrogens with zero attached hydrogens (tertiary/aromatic N) is 5. The van der Waals surface area contributed by atoms with Crippen LogP contribution in [0.5, 0.6) is 0 Å². The van der Waals surface area contributed by atoms with Crippen LogP contribution in [0.15, 0.2) is 42.7 Å². The lowest BCUT2D eigenvalue weighted by Crippen LogP contribution is -2.42. The molecule has 0 bridgehead atoms. The van der Waals surface area contributed by atoms with E-state index < -0.39 is 5.82 Å². The average Bonchev–Trinajstić information content (AvgIpc) is 3.57. The summed E-state index contributed by atoms with van der Waals surface area (Å²) in [7, 11) is 0. The maximum absolute atomic E-state index is 14.8. The number of hydrogen-bond acceptors (Lipinski definition) is 7. The third-order valence-corrected chi connectivity index (χ3v) is 7.04. The molecule has 1 aromatic carbocycles. The number of H-pyrrole nitrogens is 1. The lowest BCUT2D eigenvalue weighted by atomic mass is 9.99. The van der Waals surface area contributed by atoms with Crippen LogP contribution in [-0.2, 0) is 6.54 Å². The van der Waals surface area contributed by atoms with Crippen molar-refractivity contribution in [1.29, 1.82) is 0 Å². The molecule has 6 rings (SSSR count). The number of rotatable bonds is 6. The van der Waals surface area contributed by atoms with Gasteiger partial charge in [-0.3, -0.25) is 10.00 Å². The summed E-state index contributed by atoms with van der Waals surface area (Å²) in [6.07, 6.45) is 7.89. The number of hydrogen-bond donors (Lipinski definition) is 3. The van der Waals surface area contributed by atoms with Gasteiger partial charge in [-0.25, -0.2) is 19.3 Å². The first-order valence-electron chi connectivity index (χ1n) is 12.4.